The molecule has 3 aromatic rings. The fourth-order valence-electron chi connectivity index (χ4n) is 1.91. The number of H-pyrrole nitrogens is 1. The Morgan fingerprint density at radius 3 is 2.65 bits per heavy atom. The van der Waals surface area contributed by atoms with E-state index < -0.39 is 0 Å². The molecule has 0 unspecified atom stereocenters. The van der Waals surface area contributed by atoms with E-state index in [9.17, 15) is 0 Å². The van der Waals surface area contributed by atoms with Gasteiger partial charge >= 0.3 is 0 Å². The minimum atomic E-state index is 0.756. The van der Waals surface area contributed by atoms with Crippen molar-refractivity contribution in [3.63, 3.8) is 0 Å². The highest BCUT2D eigenvalue weighted by molar-refractivity contribution is 5.84. The lowest BCUT2D eigenvalue weighted by Crippen LogP contribution is -1.91. The van der Waals surface area contributed by atoms with E-state index in [0.29, 0.717) is 0 Å². The van der Waals surface area contributed by atoms with Crippen LogP contribution >= 0.6 is 0 Å². The third kappa shape index (κ3) is 1.95. The highest BCUT2D eigenvalue weighted by Crippen LogP contribution is 2.22. The van der Waals surface area contributed by atoms with Crippen LogP contribution in [-0.2, 0) is 0 Å². The molecule has 0 fully saturated rings. The van der Waals surface area contributed by atoms with Gasteiger partial charge in [-0.1, -0.05) is 24.3 Å². The fourth-order valence-corrected chi connectivity index (χ4v) is 1.91. The van der Waals surface area contributed by atoms with Crippen LogP contribution in [0.4, 0.5) is 17.2 Å². The third-order valence-corrected chi connectivity index (χ3v) is 2.70. The number of nitrogens with two attached hydrogens (primary N) is 1. The van der Waals surface area contributed by atoms with E-state index >= 15 is 0 Å². The van der Waals surface area contributed by atoms with E-state index in [1.54, 1.807) is 0 Å². The number of nitrogens with one attached hydrogen (secondary N) is 2. The molecular formula is C14H13N3. The van der Waals surface area contributed by atoms with Crippen molar-refractivity contribution in [2.75, 3.05) is 11.1 Å². The summed E-state index contributed by atoms with van der Waals surface area (Å²) in [6.45, 7) is 0. The van der Waals surface area contributed by atoms with Gasteiger partial charge in [-0.2, -0.15) is 0 Å². The van der Waals surface area contributed by atoms with Crippen LogP contribution in [0.5, 0.6) is 0 Å². The molecule has 0 atom stereocenters. The van der Waals surface area contributed by atoms with Crippen molar-refractivity contribution in [1.82, 2.24) is 4.98 Å². The van der Waals surface area contributed by atoms with Gasteiger partial charge in [0.2, 0.25) is 0 Å². The predicted molar refractivity (Wildman–Crippen MR) is 72.4 cm³/mol. The maximum absolute atomic E-state index is 5.74. The summed E-state index contributed by atoms with van der Waals surface area (Å²) in [5.74, 6) is 0.969. The minimum Gasteiger partial charge on any atom is -0.399 e. The molecule has 3 heteroatoms. The number of hydrogen-bond donors (Lipinski definition) is 3. The number of anilines is 3. The molecule has 0 spiro atoms. The SMILES string of the molecule is Nc1cccc(Nc2cc3ccccc3[nH]2)c1. The lowest BCUT2D eigenvalue weighted by atomic mass is 10.2. The second kappa shape index (κ2) is 3.87. The van der Waals surface area contributed by atoms with Crippen molar-refractivity contribution in [3.05, 3.63) is 54.6 Å². The molecule has 4 N–H and O–H groups in total. The molecule has 1 aromatic heterocycles. The Balaban J connectivity index is 1.94. The Bertz CT molecular complexity index is 622. The lowest BCUT2D eigenvalue weighted by molar-refractivity contribution is 1.42. The maximum atomic E-state index is 5.74. The fraction of sp³-hybridized carbons (Fsp3) is 0. The average molecular weight is 223 g/mol. The smallest absolute Gasteiger partial charge is 0.108 e. The Labute approximate surface area is 99.3 Å². The summed E-state index contributed by atoms with van der Waals surface area (Å²) in [5.41, 5.74) is 8.60. The van der Waals surface area contributed by atoms with E-state index in [2.05, 4.69) is 28.5 Å². The standard InChI is InChI=1S/C14H13N3/c15-11-5-3-6-12(9-11)16-14-8-10-4-1-2-7-13(10)17-14/h1-9,16-17H,15H2. The highest BCUT2D eigenvalue weighted by Gasteiger charge is 2.00. The molecule has 17 heavy (non-hydrogen) atoms. The van der Waals surface area contributed by atoms with Gasteiger partial charge in [-0.15, -0.1) is 0 Å². The molecular weight excluding hydrogens is 210 g/mol. The number of aromatic amines is 1. The predicted octanol–water partition coefficient (Wildman–Crippen LogP) is 3.49. The first kappa shape index (κ1) is 9.78. The molecule has 3 rings (SSSR count). The maximum Gasteiger partial charge on any atom is 0.108 e. The van der Waals surface area contributed by atoms with E-state index in [1.807, 2.05) is 36.4 Å². The summed E-state index contributed by atoms with van der Waals surface area (Å²) >= 11 is 0. The first-order valence-electron chi connectivity index (χ1n) is 5.51. The topological polar surface area (TPSA) is 53.8 Å². The molecule has 3 nitrogen and oxygen atoms in total. The van der Waals surface area contributed by atoms with E-state index in [-0.39, 0.29) is 0 Å². The number of benzene rings is 2. The van der Waals surface area contributed by atoms with E-state index in [4.69, 9.17) is 5.73 Å². The molecule has 2 aromatic carbocycles. The Morgan fingerprint density at radius 2 is 1.82 bits per heavy atom. The van der Waals surface area contributed by atoms with Gasteiger partial charge in [0.05, 0.1) is 0 Å². The summed E-state index contributed by atoms with van der Waals surface area (Å²) in [4.78, 5) is 3.31. The van der Waals surface area contributed by atoms with Crippen LogP contribution in [0.1, 0.15) is 0 Å². The zero-order chi connectivity index (χ0) is 11.7. The largest absolute Gasteiger partial charge is 0.399 e. The van der Waals surface area contributed by atoms with Crippen molar-refractivity contribution >= 4 is 28.1 Å². The van der Waals surface area contributed by atoms with Crippen LogP contribution in [0.3, 0.4) is 0 Å². The first-order chi connectivity index (χ1) is 8.31. The first-order valence-corrected chi connectivity index (χ1v) is 5.51. The summed E-state index contributed by atoms with van der Waals surface area (Å²) in [5, 5.41) is 4.49. The van der Waals surface area contributed by atoms with Crippen LogP contribution < -0.4 is 11.1 Å². The summed E-state index contributed by atoms with van der Waals surface area (Å²) in [6.07, 6.45) is 0. The molecule has 0 amide bonds. The number of hydrogen-bond acceptors (Lipinski definition) is 2. The normalized spacial score (nSPS) is 10.6. The van der Waals surface area contributed by atoms with Crippen LogP contribution in [0.2, 0.25) is 0 Å². The highest BCUT2D eigenvalue weighted by atomic mass is 15.0. The van der Waals surface area contributed by atoms with Gasteiger partial charge in [-0.25, -0.2) is 0 Å². The van der Waals surface area contributed by atoms with Crippen LogP contribution in [-0.4, -0.2) is 4.98 Å². The van der Waals surface area contributed by atoms with Crippen LogP contribution in [0, 0.1) is 0 Å². The third-order valence-electron chi connectivity index (χ3n) is 2.70. The molecule has 0 aliphatic heterocycles. The van der Waals surface area contributed by atoms with Gasteiger partial charge in [0.25, 0.3) is 0 Å². The summed E-state index contributed by atoms with van der Waals surface area (Å²) in [6, 6.07) is 18.0. The Morgan fingerprint density at radius 1 is 0.941 bits per heavy atom. The van der Waals surface area contributed by atoms with Crippen molar-refractivity contribution in [1.29, 1.82) is 0 Å². The molecule has 0 aliphatic carbocycles. The minimum absolute atomic E-state index is 0.756. The molecule has 0 bridgehead atoms. The van der Waals surface area contributed by atoms with Gasteiger partial charge < -0.3 is 16.0 Å². The van der Waals surface area contributed by atoms with Crippen LogP contribution in [0.15, 0.2) is 54.6 Å². The average Bonchev–Trinajstić information content (AvgIpc) is 2.71. The zero-order valence-electron chi connectivity index (χ0n) is 9.27. The lowest BCUT2D eigenvalue weighted by Gasteiger charge is -2.03. The van der Waals surface area contributed by atoms with Crippen LogP contribution in [0.25, 0.3) is 10.9 Å². The van der Waals surface area contributed by atoms with Gasteiger partial charge in [-0.05, 0) is 30.3 Å². The van der Waals surface area contributed by atoms with Gasteiger partial charge in [0.1, 0.15) is 5.82 Å². The molecule has 0 aliphatic rings. The molecule has 0 saturated heterocycles. The molecule has 1 heterocycles. The van der Waals surface area contributed by atoms with E-state index in [0.717, 1.165) is 22.7 Å². The number of rotatable bonds is 2. The van der Waals surface area contributed by atoms with Gasteiger partial charge in [-0.3, -0.25) is 0 Å². The molecule has 0 saturated carbocycles. The Hall–Kier alpha value is -2.42. The Kier molecular flexibility index (Phi) is 2.22. The van der Waals surface area contributed by atoms with Crippen molar-refractivity contribution < 1.29 is 0 Å². The second-order valence-electron chi connectivity index (χ2n) is 4.02. The van der Waals surface area contributed by atoms with Crippen molar-refractivity contribution in [2.45, 2.75) is 0 Å². The number of nitrogen functional groups attached to an aromatic ring is 1. The molecule has 0 radical (unpaired) electrons. The van der Waals surface area contributed by atoms with Crippen molar-refractivity contribution in [2.24, 2.45) is 0 Å². The number of aromatic nitrogens is 1. The summed E-state index contributed by atoms with van der Waals surface area (Å²) in [7, 11) is 0. The number of para-hydroxylation sites is 1. The monoisotopic (exact) mass is 223 g/mol. The summed E-state index contributed by atoms with van der Waals surface area (Å²) < 4.78 is 0. The zero-order valence-corrected chi connectivity index (χ0v) is 9.27. The molecule has 84 valence electrons. The van der Waals surface area contributed by atoms with Gasteiger partial charge in [0, 0.05) is 22.3 Å². The van der Waals surface area contributed by atoms with Gasteiger partial charge in [0.15, 0.2) is 0 Å². The van der Waals surface area contributed by atoms with Crippen molar-refractivity contribution in [3.8, 4) is 0 Å². The second-order valence-corrected chi connectivity index (χ2v) is 4.02. The number of fused-ring (bicyclic) bond motifs is 1. The van der Waals surface area contributed by atoms with E-state index in [1.165, 1.54) is 5.39 Å². The quantitative estimate of drug-likeness (QED) is 0.582.